The third-order valence-corrected chi connectivity index (χ3v) is 4.37. The van der Waals surface area contributed by atoms with Gasteiger partial charge in [-0.3, -0.25) is 0 Å². The maximum absolute atomic E-state index is 6.29. The van der Waals surface area contributed by atoms with Crippen molar-refractivity contribution in [2.75, 3.05) is 18.5 Å². The van der Waals surface area contributed by atoms with Crippen molar-refractivity contribution in [2.24, 2.45) is 5.73 Å². The number of rotatable bonds is 5. The molecule has 0 amide bonds. The second kappa shape index (κ2) is 7.10. The lowest BCUT2D eigenvalue weighted by molar-refractivity contribution is 0.645. The fourth-order valence-electron chi connectivity index (χ4n) is 2.56. The number of anilines is 1. The van der Waals surface area contributed by atoms with Crippen molar-refractivity contribution in [3.8, 4) is 0 Å². The molecule has 1 unspecified atom stereocenters. The standard InChI is InChI=1S/C18H23BrN2/c1-13-4-9-18(14(2)12-13)21(3)11-10-17(20)15-5-7-16(19)8-6-15/h4-9,12,17H,10-11,20H2,1-3H3. The second-order valence-corrected chi connectivity index (χ2v) is 6.57. The highest BCUT2D eigenvalue weighted by Gasteiger charge is 2.09. The first kappa shape index (κ1) is 16.1. The number of nitrogens with two attached hydrogens (primary N) is 1. The number of halogens is 1. The van der Waals surface area contributed by atoms with Gasteiger partial charge in [0.2, 0.25) is 0 Å². The lowest BCUT2D eigenvalue weighted by atomic mass is 10.0. The molecule has 3 heteroatoms. The van der Waals surface area contributed by atoms with E-state index in [1.165, 1.54) is 22.4 Å². The van der Waals surface area contributed by atoms with E-state index < -0.39 is 0 Å². The van der Waals surface area contributed by atoms with Gasteiger partial charge in [-0.2, -0.15) is 0 Å². The van der Waals surface area contributed by atoms with Crippen molar-refractivity contribution in [3.63, 3.8) is 0 Å². The summed E-state index contributed by atoms with van der Waals surface area (Å²) >= 11 is 3.45. The Hall–Kier alpha value is -1.32. The Kier molecular flexibility index (Phi) is 5.43. The van der Waals surface area contributed by atoms with Crippen molar-refractivity contribution in [2.45, 2.75) is 26.3 Å². The summed E-state index contributed by atoms with van der Waals surface area (Å²) in [4.78, 5) is 2.29. The number of aryl methyl sites for hydroxylation is 2. The molecule has 0 spiro atoms. The van der Waals surface area contributed by atoms with Crippen LogP contribution in [0.1, 0.15) is 29.2 Å². The molecule has 112 valence electrons. The molecule has 0 aliphatic rings. The smallest absolute Gasteiger partial charge is 0.0393 e. The molecule has 0 aliphatic carbocycles. The van der Waals surface area contributed by atoms with E-state index >= 15 is 0 Å². The molecule has 0 saturated carbocycles. The molecule has 2 rings (SSSR count). The molecule has 21 heavy (non-hydrogen) atoms. The van der Waals surface area contributed by atoms with E-state index in [1.54, 1.807) is 0 Å². The fourth-order valence-corrected chi connectivity index (χ4v) is 2.83. The lowest BCUT2D eigenvalue weighted by Gasteiger charge is -2.23. The minimum Gasteiger partial charge on any atom is -0.374 e. The second-order valence-electron chi connectivity index (χ2n) is 5.66. The van der Waals surface area contributed by atoms with Gasteiger partial charge in [0, 0.05) is 29.8 Å². The Morgan fingerprint density at radius 3 is 2.38 bits per heavy atom. The van der Waals surface area contributed by atoms with E-state index in [4.69, 9.17) is 5.73 Å². The lowest BCUT2D eigenvalue weighted by Crippen LogP contribution is -2.24. The predicted octanol–water partition coefficient (Wildman–Crippen LogP) is 4.59. The zero-order valence-corrected chi connectivity index (χ0v) is 14.5. The van der Waals surface area contributed by atoms with E-state index in [1.807, 2.05) is 12.1 Å². The molecule has 0 heterocycles. The zero-order chi connectivity index (χ0) is 15.4. The molecule has 2 aromatic carbocycles. The van der Waals surface area contributed by atoms with E-state index in [0.717, 1.165) is 17.4 Å². The minimum absolute atomic E-state index is 0.0753. The largest absolute Gasteiger partial charge is 0.374 e. The number of nitrogens with zero attached hydrogens (tertiary/aromatic N) is 1. The molecule has 0 radical (unpaired) electrons. The van der Waals surface area contributed by atoms with E-state index in [0.29, 0.717) is 0 Å². The zero-order valence-electron chi connectivity index (χ0n) is 12.9. The summed E-state index contributed by atoms with van der Waals surface area (Å²) in [6.07, 6.45) is 0.936. The Bertz CT molecular complexity index is 593. The van der Waals surface area contributed by atoms with Crippen LogP contribution in [0, 0.1) is 13.8 Å². The summed E-state index contributed by atoms with van der Waals surface area (Å²) in [6, 6.07) is 14.9. The van der Waals surface area contributed by atoms with E-state index in [2.05, 4.69) is 72.1 Å². The van der Waals surface area contributed by atoms with Crippen molar-refractivity contribution in [1.82, 2.24) is 0 Å². The first-order valence-corrected chi connectivity index (χ1v) is 8.06. The van der Waals surface area contributed by atoms with Gasteiger partial charge in [-0.25, -0.2) is 0 Å². The molecule has 0 fully saturated rings. The molecule has 0 bridgehead atoms. The first-order chi connectivity index (χ1) is 9.97. The highest BCUT2D eigenvalue weighted by molar-refractivity contribution is 9.10. The molecule has 1 atom stereocenters. The van der Waals surface area contributed by atoms with Crippen LogP contribution in [0.3, 0.4) is 0 Å². The van der Waals surface area contributed by atoms with Crippen LogP contribution in [0.15, 0.2) is 46.9 Å². The average molecular weight is 347 g/mol. The molecule has 0 aromatic heterocycles. The quantitative estimate of drug-likeness (QED) is 0.857. The van der Waals surface area contributed by atoms with Gasteiger partial charge < -0.3 is 10.6 Å². The topological polar surface area (TPSA) is 29.3 Å². The fraction of sp³-hybridized carbons (Fsp3) is 0.333. The SMILES string of the molecule is Cc1ccc(N(C)CCC(N)c2ccc(Br)cc2)c(C)c1. The van der Waals surface area contributed by atoms with Gasteiger partial charge in [0.25, 0.3) is 0 Å². The summed E-state index contributed by atoms with van der Waals surface area (Å²) in [5.74, 6) is 0. The number of benzene rings is 2. The van der Waals surface area contributed by atoms with E-state index in [-0.39, 0.29) is 6.04 Å². The average Bonchev–Trinajstić information content (AvgIpc) is 2.45. The van der Waals surface area contributed by atoms with Crippen LogP contribution >= 0.6 is 15.9 Å². The minimum atomic E-state index is 0.0753. The van der Waals surface area contributed by atoms with Crippen LogP contribution in [-0.4, -0.2) is 13.6 Å². The van der Waals surface area contributed by atoms with E-state index in [9.17, 15) is 0 Å². The number of hydrogen-bond acceptors (Lipinski definition) is 2. The Balaban J connectivity index is 1.97. The third kappa shape index (κ3) is 4.32. The predicted molar refractivity (Wildman–Crippen MR) is 94.9 cm³/mol. The van der Waals surface area contributed by atoms with Gasteiger partial charge in [0.1, 0.15) is 0 Å². The molecule has 2 N–H and O–H groups in total. The summed E-state index contributed by atoms with van der Waals surface area (Å²) in [5, 5.41) is 0. The Morgan fingerprint density at radius 2 is 1.76 bits per heavy atom. The normalized spacial score (nSPS) is 12.2. The van der Waals surface area contributed by atoms with Crippen LogP contribution in [0.25, 0.3) is 0 Å². The summed E-state index contributed by atoms with van der Waals surface area (Å²) < 4.78 is 1.09. The van der Waals surface area contributed by atoms with Crippen LogP contribution in [0.5, 0.6) is 0 Å². The van der Waals surface area contributed by atoms with Crippen molar-refractivity contribution < 1.29 is 0 Å². The van der Waals surface area contributed by atoms with Crippen molar-refractivity contribution in [3.05, 3.63) is 63.6 Å². The number of hydrogen-bond donors (Lipinski definition) is 1. The monoisotopic (exact) mass is 346 g/mol. The molecular weight excluding hydrogens is 324 g/mol. The molecule has 0 aliphatic heterocycles. The highest BCUT2D eigenvalue weighted by atomic mass is 79.9. The van der Waals surface area contributed by atoms with Gasteiger partial charge in [-0.15, -0.1) is 0 Å². The maximum Gasteiger partial charge on any atom is 0.0393 e. The van der Waals surface area contributed by atoms with Crippen LogP contribution < -0.4 is 10.6 Å². The van der Waals surface area contributed by atoms with Gasteiger partial charge in [-0.05, 0) is 49.6 Å². The molecule has 2 nitrogen and oxygen atoms in total. The van der Waals surface area contributed by atoms with Crippen LogP contribution in [0.4, 0.5) is 5.69 Å². The van der Waals surface area contributed by atoms with Crippen LogP contribution in [-0.2, 0) is 0 Å². The summed E-state index contributed by atoms with van der Waals surface area (Å²) in [7, 11) is 2.13. The maximum atomic E-state index is 6.29. The Labute approximate surface area is 136 Å². The molecule has 0 saturated heterocycles. The highest BCUT2D eigenvalue weighted by Crippen LogP contribution is 2.22. The Morgan fingerprint density at radius 1 is 1.10 bits per heavy atom. The van der Waals surface area contributed by atoms with Gasteiger partial charge in [0.15, 0.2) is 0 Å². The van der Waals surface area contributed by atoms with Crippen molar-refractivity contribution in [1.29, 1.82) is 0 Å². The first-order valence-electron chi connectivity index (χ1n) is 7.27. The van der Waals surface area contributed by atoms with Crippen molar-refractivity contribution >= 4 is 21.6 Å². The molecular formula is C18H23BrN2. The van der Waals surface area contributed by atoms with Gasteiger partial charge >= 0.3 is 0 Å². The molecule has 2 aromatic rings. The summed E-state index contributed by atoms with van der Waals surface area (Å²) in [6.45, 7) is 5.23. The summed E-state index contributed by atoms with van der Waals surface area (Å²) in [5.41, 5.74) is 11.4. The van der Waals surface area contributed by atoms with Crippen LogP contribution in [0.2, 0.25) is 0 Å². The third-order valence-electron chi connectivity index (χ3n) is 3.84. The van der Waals surface area contributed by atoms with Gasteiger partial charge in [0.05, 0.1) is 0 Å². The van der Waals surface area contributed by atoms with Gasteiger partial charge in [-0.1, -0.05) is 45.8 Å².